The number of hydrogen-bond donors (Lipinski definition) is 3. The third kappa shape index (κ3) is 7.01. The lowest BCUT2D eigenvalue weighted by Gasteiger charge is -2.29. The highest BCUT2D eigenvalue weighted by Crippen LogP contribution is 2.34. The molecule has 1 saturated heterocycles. The van der Waals surface area contributed by atoms with E-state index in [1.165, 1.54) is 29.2 Å². The minimum atomic E-state index is -0.425. The molecule has 3 N–H and O–H groups in total. The molecule has 3 heterocycles. The Bertz CT molecular complexity index is 1460. The molecule has 1 amide bonds. The number of nitrogens with one attached hydrogen (secondary N) is 2. The number of halogens is 1. The van der Waals surface area contributed by atoms with Crippen LogP contribution in [0.4, 0.5) is 21.6 Å². The van der Waals surface area contributed by atoms with Gasteiger partial charge >= 0.3 is 0 Å². The number of fused-ring (bicyclic) bond motifs is 1. The van der Waals surface area contributed by atoms with Crippen molar-refractivity contribution < 1.29 is 23.8 Å². The Labute approximate surface area is 230 Å². The van der Waals surface area contributed by atoms with E-state index in [-0.39, 0.29) is 18.6 Å². The van der Waals surface area contributed by atoms with Crippen LogP contribution in [0.15, 0.2) is 55.1 Å². The predicted molar refractivity (Wildman–Crippen MR) is 148 cm³/mol. The number of aliphatic hydroxyl groups excluding tert-OH is 1. The fourth-order valence-corrected chi connectivity index (χ4v) is 4.61. The summed E-state index contributed by atoms with van der Waals surface area (Å²) in [6.45, 7) is 3.22. The van der Waals surface area contributed by atoms with Gasteiger partial charge in [0.1, 0.15) is 24.5 Å². The van der Waals surface area contributed by atoms with Crippen molar-refractivity contribution in [3.05, 3.63) is 60.9 Å². The summed E-state index contributed by atoms with van der Waals surface area (Å²) >= 11 is 0. The first-order valence-corrected chi connectivity index (χ1v) is 13.2. The first kappa shape index (κ1) is 27.3. The molecule has 40 heavy (non-hydrogen) atoms. The van der Waals surface area contributed by atoms with Crippen molar-refractivity contribution in [2.75, 3.05) is 44.0 Å². The van der Waals surface area contributed by atoms with Crippen molar-refractivity contribution in [1.82, 2.24) is 24.6 Å². The first-order valence-electron chi connectivity index (χ1n) is 13.2. The zero-order valence-electron chi connectivity index (χ0n) is 22.2. The summed E-state index contributed by atoms with van der Waals surface area (Å²) in [5, 5.41) is 20.5. The number of ether oxygens (including phenoxy) is 2. The summed E-state index contributed by atoms with van der Waals surface area (Å²) in [6, 6.07) is 9.37. The van der Waals surface area contributed by atoms with Crippen LogP contribution in [0.3, 0.4) is 0 Å². The molecule has 0 unspecified atom stereocenters. The van der Waals surface area contributed by atoms with E-state index in [4.69, 9.17) is 9.47 Å². The second-order valence-corrected chi connectivity index (χ2v) is 9.63. The molecule has 12 heteroatoms. The Balaban J connectivity index is 1.20. The Hall–Kier alpha value is -4.29. The number of aliphatic hydroxyl groups is 1. The lowest BCUT2D eigenvalue weighted by molar-refractivity contribution is -0.116. The lowest BCUT2D eigenvalue weighted by Crippen LogP contribution is -2.36. The SMILES string of the molecule is COc1cc2c(Nc3cnn(CC(=O)Nc4cccc(F)c4)c3)ncnc2cc1OCCCN1CCC(O)CC1. The molecule has 0 bridgehead atoms. The van der Waals surface area contributed by atoms with E-state index in [0.29, 0.717) is 40.8 Å². The van der Waals surface area contributed by atoms with E-state index in [9.17, 15) is 14.3 Å². The van der Waals surface area contributed by atoms with Crippen molar-refractivity contribution in [1.29, 1.82) is 0 Å². The topological polar surface area (TPSA) is 127 Å². The summed E-state index contributed by atoms with van der Waals surface area (Å²) in [5.41, 5.74) is 1.69. The minimum Gasteiger partial charge on any atom is -0.493 e. The molecular weight excluding hydrogens is 517 g/mol. The van der Waals surface area contributed by atoms with Gasteiger partial charge in [-0.1, -0.05) is 6.07 Å². The van der Waals surface area contributed by atoms with Crippen LogP contribution in [0.25, 0.3) is 10.9 Å². The van der Waals surface area contributed by atoms with E-state index in [1.54, 1.807) is 25.6 Å². The number of anilines is 3. The molecule has 2 aromatic heterocycles. The number of piperidine rings is 1. The maximum atomic E-state index is 13.4. The maximum Gasteiger partial charge on any atom is 0.246 e. The van der Waals surface area contributed by atoms with E-state index < -0.39 is 5.82 Å². The standard InChI is InChI=1S/C28H32FN7O4/c1-39-25-13-23-24(14-26(25)40-11-3-8-35-9-6-22(37)7-10-35)30-18-31-28(23)34-21-15-32-36(16-21)17-27(38)33-20-5-2-4-19(29)12-20/h2,4-5,12-16,18,22,37H,3,6-11,17H2,1H3,(H,33,38)(H,30,31,34). The number of aromatic nitrogens is 4. The Morgan fingerprint density at radius 2 is 2.00 bits per heavy atom. The molecule has 0 radical (unpaired) electrons. The number of carbonyl (C=O) groups excluding carboxylic acids is 1. The van der Waals surface area contributed by atoms with Gasteiger partial charge in [0.15, 0.2) is 11.5 Å². The van der Waals surface area contributed by atoms with Gasteiger partial charge in [-0.25, -0.2) is 14.4 Å². The highest BCUT2D eigenvalue weighted by molar-refractivity contribution is 5.93. The summed E-state index contributed by atoms with van der Waals surface area (Å²) in [5.74, 6) is 0.957. The molecule has 1 fully saturated rings. The number of amides is 1. The summed E-state index contributed by atoms with van der Waals surface area (Å²) in [7, 11) is 1.59. The van der Waals surface area contributed by atoms with Gasteiger partial charge in [-0.2, -0.15) is 5.10 Å². The van der Waals surface area contributed by atoms with Crippen LogP contribution in [0.5, 0.6) is 11.5 Å². The van der Waals surface area contributed by atoms with Gasteiger partial charge in [0, 0.05) is 43.0 Å². The van der Waals surface area contributed by atoms with Crippen LogP contribution in [0.1, 0.15) is 19.3 Å². The van der Waals surface area contributed by atoms with Crippen LogP contribution in [0.2, 0.25) is 0 Å². The van der Waals surface area contributed by atoms with Crippen molar-refractivity contribution >= 4 is 34.0 Å². The molecule has 210 valence electrons. The summed E-state index contributed by atoms with van der Waals surface area (Å²) < 4.78 is 26.5. The van der Waals surface area contributed by atoms with Crippen molar-refractivity contribution in [2.24, 2.45) is 0 Å². The molecular formula is C28H32FN7O4. The normalized spacial score (nSPS) is 14.3. The number of likely N-dealkylation sites (tertiary alicyclic amines) is 1. The van der Waals surface area contributed by atoms with Crippen LogP contribution in [-0.2, 0) is 11.3 Å². The second-order valence-electron chi connectivity index (χ2n) is 9.63. The van der Waals surface area contributed by atoms with Gasteiger partial charge in [0.05, 0.1) is 37.2 Å². The van der Waals surface area contributed by atoms with Gasteiger partial charge in [-0.3, -0.25) is 9.48 Å². The van der Waals surface area contributed by atoms with Crippen molar-refractivity contribution in [3.8, 4) is 11.5 Å². The van der Waals surface area contributed by atoms with Crippen molar-refractivity contribution in [2.45, 2.75) is 31.9 Å². The Kier molecular flexibility index (Phi) is 8.67. The first-order chi connectivity index (χ1) is 19.5. The van der Waals surface area contributed by atoms with Gasteiger partial charge < -0.3 is 30.1 Å². The number of hydrogen-bond acceptors (Lipinski definition) is 9. The smallest absolute Gasteiger partial charge is 0.246 e. The van der Waals surface area contributed by atoms with Gasteiger partial charge in [0.2, 0.25) is 5.91 Å². The van der Waals surface area contributed by atoms with Crippen LogP contribution in [0, 0.1) is 5.82 Å². The van der Waals surface area contributed by atoms with Crippen LogP contribution >= 0.6 is 0 Å². The van der Waals surface area contributed by atoms with Crippen LogP contribution < -0.4 is 20.1 Å². The molecule has 0 saturated carbocycles. The second kappa shape index (κ2) is 12.7. The lowest BCUT2D eigenvalue weighted by atomic mass is 10.1. The zero-order valence-corrected chi connectivity index (χ0v) is 22.2. The molecule has 5 rings (SSSR count). The third-order valence-electron chi connectivity index (χ3n) is 6.66. The summed E-state index contributed by atoms with van der Waals surface area (Å²) in [6.07, 6.45) is 7.05. The quantitative estimate of drug-likeness (QED) is 0.241. The number of nitrogens with zero attached hydrogens (tertiary/aromatic N) is 5. The maximum absolute atomic E-state index is 13.4. The average molecular weight is 550 g/mol. The number of methoxy groups -OCH3 is 1. The fourth-order valence-electron chi connectivity index (χ4n) is 4.61. The monoisotopic (exact) mass is 549 g/mol. The molecule has 2 aromatic carbocycles. The summed E-state index contributed by atoms with van der Waals surface area (Å²) in [4.78, 5) is 23.5. The van der Waals surface area contributed by atoms with Gasteiger partial charge in [-0.15, -0.1) is 0 Å². The molecule has 4 aromatic rings. The molecule has 1 aliphatic rings. The molecule has 0 aliphatic carbocycles. The Morgan fingerprint density at radius 3 is 2.80 bits per heavy atom. The molecule has 1 aliphatic heterocycles. The minimum absolute atomic E-state index is 0.0447. The highest BCUT2D eigenvalue weighted by Gasteiger charge is 2.17. The third-order valence-corrected chi connectivity index (χ3v) is 6.66. The van der Waals surface area contributed by atoms with E-state index in [2.05, 4.69) is 30.6 Å². The van der Waals surface area contributed by atoms with E-state index in [1.807, 2.05) is 12.1 Å². The highest BCUT2D eigenvalue weighted by atomic mass is 19.1. The van der Waals surface area contributed by atoms with Crippen molar-refractivity contribution in [3.63, 3.8) is 0 Å². The molecule has 11 nitrogen and oxygen atoms in total. The number of carbonyl (C=O) groups is 1. The predicted octanol–water partition coefficient (Wildman–Crippen LogP) is 3.58. The largest absolute Gasteiger partial charge is 0.493 e. The number of rotatable bonds is 11. The number of benzene rings is 2. The van der Waals surface area contributed by atoms with E-state index >= 15 is 0 Å². The van der Waals surface area contributed by atoms with E-state index in [0.717, 1.165) is 44.3 Å². The van der Waals surface area contributed by atoms with Gasteiger partial charge in [-0.05, 0) is 43.5 Å². The van der Waals surface area contributed by atoms with Gasteiger partial charge in [0.25, 0.3) is 0 Å². The van der Waals surface area contributed by atoms with Crippen LogP contribution in [-0.4, -0.2) is 75.1 Å². The average Bonchev–Trinajstić information content (AvgIpc) is 3.38. The molecule has 0 spiro atoms. The molecule has 0 atom stereocenters. The zero-order chi connectivity index (χ0) is 27.9. The Morgan fingerprint density at radius 1 is 1.15 bits per heavy atom. The fraction of sp³-hybridized carbons (Fsp3) is 0.357.